The summed E-state index contributed by atoms with van der Waals surface area (Å²) >= 11 is 12.0. The molecule has 0 amide bonds. The molecular weight excluding hydrogens is 315 g/mol. The number of hydrogen-bond donors (Lipinski definition) is 1. The van der Waals surface area contributed by atoms with Crippen LogP contribution in [0.4, 0.5) is 0 Å². The van der Waals surface area contributed by atoms with Crippen LogP contribution in [0.25, 0.3) is 11.0 Å². The van der Waals surface area contributed by atoms with Crippen LogP contribution >= 0.6 is 23.2 Å². The lowest BCUT2D eigenvalue weighted by Crippen LogP contribution is -2.10. The highest BCUT2D eigenvalue weighted by Gasteiger charge is 2.14. The van der Waals surface area contributed by atoms with Crippen molar-refractivity contribution in [1.82, 2.24) is 9.55 Å². The highest BCUT2D eigenvalue weighted by atomic mass is 35.5. The summed E-state index contributed by atoms with van der Waals surface area (Å²) in [7, 11) is 0. The Hall–Kier alpha value is -1.30. The van der Waals surface area contributed by atoms with E-state index < -0.39 is 5.97 Å². The van der Waals surface area contributed by atoms with Gasteiger partial charge in [0.25, 0.3) is 0 Å². The lowest BCUT2D eigenvalue weighted by atomic mass is 10.3. The lowest BCUT2D eigenvalue weighted by Gasteiger charge is -2.08. The number of fused-ring (bicyclic) bond motifs is 1. The van der Waals surface area contributed by atoms with Crippen LogP contribution in [-0.2, 0) is 22.5 Å². The summed E-state index contributed by atoms with van der Waals surface area (Å²) in [6.07, 6.45) is 0.630. The molecule has 1 aromatic carbocycles. The zero-order chi connectivity index (χ0) is 15.4. The van der Waals surface area contributed by atoms with Crippen molar-refractivity contribution in [1.29, 1.82) is 0 Å². The third kappa shape index (κ3) is 3.87. The van der Waals surface area contributed by atoms with Gasteiger partial charge < -0.3 is 14.4 Å². The summed E-state index contributed by atoms with van der Waals surface area (Å²) in [6.45, 7) is 3.43. The highest BCUT2D eigenvalue weighted by Crippen LogP contribution is 2.28. The molecule has 0 unspecified atom stereocenters. The molecule has 0 aliphatic heterocycles. The number of hydrogen-bond acceptors (Lipinski definition) is 3. The minimum Gasteiger partial charge on any atom is -0.481 e. The van der Waals surface area contributed by atoms with Crippen molar-refractivity contribution >= 4 is 40.2 Å². The summed E-state index contributed by atoms with van der Waals surface area (Å²) in [5.74, 6) is -0.0781. The molecule has 0 saturated heterocycles. The monoisotopic (exact) mass is 330 g/mol. The summed E-state index contributed by atoms with van der Waals surface area (Å²) in [6, 6.07) is 3.42. The minimum atomic E-state index is -0.854. The van der Waals surface area contributed by atoms with Crippen molar-refractivity contribution in [2.24, 2.45) is 0 Å². The van der Waals surface area contributed by atoms with Gasteiger partial charge in [0, 0.05) is 19.6 Å². The second kappa shape index (κ2) is 7.11. The van der Waals surface area contributed by atoms with Crippen LogP contribution in [0.2, 0.25) is 10.0 Å². The van der Waals surface area contributed by atoms with Crippen molar-refractivity contribution < 1.29 is 14.6 Å². The SMILES string of the molecule is CCOCCc1nc2cc(Cl)c(Cl)cc2n1CCC(=O)O. The van der Waals surface area contributed by atoms with E-state index in [-0.39, 0.29) is 6.42 Å². The first-order valence-electron chi connectivity index (χ1n) is 6.66. The van der Waals surface area contributed by atoms with Crippen LogP contribution in [0, 0.1) is 0 Å². The van der Waals surface area contributed by atoms with Crippen LogP contribution in [0.1, 0.15) is 19.2 Å². The Bertz CT molecular complexity index is 655. The van der Waals surface area contributed by atoms with E-state index in [1.807, 2.05) is 11.5 Å². The second-order valence-corrected chi connectivity index (χ2v) is 5.34. The van der Waals surface area contributed by atoms with Gasteiger partial charge in [0.1, 0.15) is 5.82 Å². The minimum absolute atomic E-state index is 0.0212. The summed E-state index contributed by atoms with van der Waals surface area (Å²) in [5, 5.41) is 9.74. The Morgan fingerprint density at radius 1 is 1.38 bits per heavy atom. The van der Waals surface area contributed by atoms with Gasteiger partial charge >= 0.3 is 5.97 Å². The number of ether oxygens (including phenoxy) is 1. The van der Waals surface area contributed by atoms with Crippen LogP contribution in [0.3, 0.4) is 0 Å². The third-order valence-corrected chi connectivity index (χ3v) is 3.81. The summed E-state index contributed by atoms with van der Waals surface area (Å²) in [5.41, 5.74) is 1.50. The largest absolute Gasteiger partial charge is 0.481 e. The van der Waals surface area contributed by atoms with Crippen molar-refractivity contribution in [3.05, 3.63) is 28.0 Å². The van der Waals surface area contributed by atoms with Crippen LogP contribution < -0.4 is 0 Å². The first-order valence-corrected chi connectivity index (χ1v) is 7.42. The molecule has 7 heteroatoms. The smallest absolute Gasteiger partial charge is 0.305 e. The Balaban J connectivity index is 2.39. The van der Waals surface area contributed by atoms with Crippen LogP contribution in [0.15, 0.2) is 12.1 Å². The third-order valence-electron chi connectivity index (χ3n) is 3.09. The van der Waals surface area contributed by atoms with E-state index >= 15 is 0 Å². The summed E-state index contributed by atoms with van der Waals surface area (Å²) < 4.78 is 7.21. The van der Waals surface area contributed by atoms with Gasteiger partial charge in [-0.25, -0.2) is 4.98 Å². The molecule has 1 heterocycles. The predicted molar refractivity (Wildman–Crippen MR) is 82.2 cm³/mol. The first-order chi connectivity index (χ1) is 10.0. The van der Waals surface area contributed by atoms with Gasteiger partial charge in [0.05, 0.1) is 34.1 Å². The fourth-order valence-corrected chi connectivity index (χ4v) is 2.44. The maximum atomic E-state index is 10.8. The zero-order valence-electron chi connectivity index (χ0n) is 11.6. The number of carbonyl (C=O) groups is 1. The first kappa shape index (κ1) is 16.1. The second-order valence-electron chi connectivity index (χ2n) is 4.53. The Morgan fingerprint density at radius 2 is 2.10 bits per heavy atom. The standard InChI is InChI=1S/C14H16Cl2N2O3/c1-2-21-6-4-13-17-11-7-9(15)10(16)8-12(11)18(13)5-3-14(19)20/h7-8H,2-6H2,1H3,(H,19,20). The fourth-order valence-electron chi connectivity index (χ4n) is 2.13. The van der Waals surface area contributed by atoms with Crippen molar-refractivity contribution in [2.45, 2.75) is 26.3 Å². The highest BCUT2D eigenvalue weighted by molar-refractivity contribution is 6.42. The Morgan fingerprint density at radius 3 is 2.76 bits per heavy atom. The van der Waals surface area contributed by atoms with Crippen molar-refractivity contribution in [2.75, 3.05) is 13.2 Å². The molecule has 0 aliphatic rings. The molecule has 0 bridgehead atoms. The molecule has 0 spiro atoms. The lowest BCUT2D eigenvalue weighted by molar-refractivity contribution is -0.137. The molecule has 0 atom stereocenters. The molecule has 0 aliphatic carbocycles. The summed E-state index contributed by atoms with van der Waals surface area (Å²) in [4.78, 5) is 15.3. The van der Waals surface area contributed by atoms with Gasteiger partial charge in [0.15, 0.2) is 0 Å². The molecule has 21 heavy (non-hydrogen) atoms. The van der Waals surface area contributed by atoms with E-state index in [0.29, 0.717) is 41.7 Å². The van der Waals surface area contributed by atoms with E-state index in [1.54, 1.807) is 12.1 Å². The van der Waals surface area contributed by atoms with Gasteiger partial charge in [-0.3, -0.25) is 4.79 Å². The topological polar surface area (TPSA) is 64.4 Å². The molecule has 1 aromatic heterocycles. The quantitative estimate of drug-likeness (QED) is 0.790. The zero-order valence-corrected chi connectivity index (χ0v) is 13.1. The Labute approximate surface area is 132 Å². The number of imidazole rings is 1. The molecule has 2 rings (SSSR count). The van der Waals surface area contributed by atoms with E-state index in [2.05, 4.69) is 4.98 Å². The van der Waals surface area contributed by atoms with Crippen molar-refractivity contribution in [3.8, 4) is 0 Å². The van der Waals surface area contributed by atoms with Gasteiger partial charge in [-0.05, 0) is 19.1 Å². The van der Waals surface area contributed by atoms with Gasteiger partial charge in [0.2, 0.25) is 0 Å². The number of aryl methyl sites for hydroxylation is 1. The van der Waals surface area contributed by atoms with Gasteiger partial charge in [-0.15, -0.1) is 0 Å². The molecule has 0 fully saturated rings. The van der Waals surface area contributed by atoms with Crippen LogP contribution in [0.5, 0.6) is 0 Å². The van der Waals surface area contributed by atoms with E-state index in [9.17, 15) is 4.79 Å². The average Bonchev–Trinajstić information content (AvgIpc) is 2.74. The average molecular weight is 331 g/mol. The van der Waals surface area contributed by atoms with Gasteiger partial charge in [-0.2, -0.15) is 0 Å². The molecule has 0 radical (unpaired) electrons. The number of aromatic nitrogens is 2. The number of halogens is 2. The molecular formula is C14H16Cl2N2O3. The van der Waals surface area contributed by atoms with E-state index in [1.165, 1.54) is 0 Å². The van der Waals surface area contributed by atoms with Crippen LogP contribution in [-0.4, -0.2) is 33.8 Å². The Kier molecular flexibility index (Phi) is 5.45. The maximum absolute atomic E-state index is 10.8. The number of carboxylic acids is 1. The van der Waals surface area contributed by atoms with Gasteiger partial charge in [-0.1, -0.05) is 23.2 Å². The maximum Gasteiger partial charge on any atom is 0.305 e. The predicted octanol–water partition coefficient (Wildman–Crippen LogP) is 3.40. The van der Waals surface area contributed by atoms with Crippen molar-refractivity contribution in [3.63, 3.8) is 0 Å². The number of rotatable bonds is 7. The number of benzene rings is 1. The molecule has 5 nitrogen and oxygen atoms in total. The van der Waals surface area contributed by atoms with E-state index in [0.717, 1.165) is 11.3 Å². The number of carboxylic acid groups (broad SMARTS) is 1. The number of aliphatic carboxylic acids is 1. The molecule has 114 valence electrons. The molecule has 0 saturated carbocycles. The normalized spacial score (nSPS) is 11.2. The number of nitrogens with zero attached hydrogens (tertiary/aromatic N) is 2. The fraction of sp³-hybridized carbons (Fsp3) is 0.429. The van der Waals surface area contributed by atoms with E-state index in [4.69, 9.17) is 33.0 Å². The molecule has 1 N–H and O–H groups in total. The molecule has 2 aromatic rings.